The number of nitrogens with one attached hydrogen (secondary N) is 1. The van der Waals surface area contributed by atoms with Crippen LogP contribution in [0, 0.1) is 5.92 Å². The van der Waals surface area contributed by atoms with Gasteiger partial charge in [-0.3, -0.25) is 9.79 Å². The van der Waals surface area contributed by atoms with E-state index in [0.29, 0.717) is 41.6 Å². The molecule has 3 aliphatic rings. The van der Waals surface area contributed by atoms with Crippen molar-refractivity contribution in [2.45, 2.75) is 50.9 Å². The van der Waals surface area contributed by atoms with Crippen LogP contribution >= 0.6 is 0 Å². The van der Waals surface area contributed by atoms with Gasteiger partial charge in [-0.05, 0) is 30.9 Å². The minimum absolute atomic E-state index is 0.143. The lowest BCUT2D eigenvalue weighted by atomic mass is 9.85. The number of fused-ring (bicyclic) bond motifs is 1. The van der Waals surface area contributed by atoms with Crippen molar-refractivity contribution in [1.29, 1.82) is 0 Å². The molecule has 0 radical (unpaired) electrons. The standard InChI is InChI=1S/C23H28N2O3/c1-16(2)14-24-19-11-10-18(20(26)17-8-4-3-5-9-17)21-23(19,27)28-15-22(25-21)12-6-7-13-22/h3-5,8-11,16,24,27H,6-7,12-15H2,1-2H3. The first-order valence-corrected chi connectivity index (χ1v) is 10.2. The summed E-state index contributed by atoms with van der Waals surface area (Å²) >= 11 is 0. The Morgan fingerprint density at radius 1 is 1.21 bits per heavy atom. The molecule has 1 aromatic rings. The van der Waals surface area contributed by atoms with Crippen LogP contribution in [0.3, 0.4) is 0 Å². The quantitative estimate of drug-likeness (QED) is 0.768. The maximum absolute atomic E-state index is 13.2. The second kappa shape index (κ2) is 7.30. The number of nitrogens with zero attached hydrogens (tertiary/aromatic N) is 1. The van der Waals surface area contributed by atoms with E-state index in [1.165, 1.54) is 0 Å². The van der Waals surface area contributed by atoms with Gasteiger partial charge in [0, 0.05) is 17.7 Å². The van der Waals surface area contributed by atoms with Crippen molar-refractivity contribution in [3.8, 4) is 0 Å². The number of rotatable bonds is 5. The fourth-order valence-corrected chi connectivity index (χ4v) is 4.17. The highest BCUT2D eigenvalue weighted by Crippen LogP contribution is 2.42. The summed E-state index contributed by atoms with van der Waals surface area (Å²) in [6.45, 7) is 5.28. The summed E-state index contributed by atoms with van der Waals surface area (Å²) < 4.78 is 6.07. The molecule has 4 rings (SSSR count). The highest BCUT2D eigenvalue weighted by molar-refractivity contribution is 6.31. The summed E-state index contributed by atoms with van der Waals surface area (Å²) in [6, 6.07) is 9.13. The lowest BCUT2D eigenvalue weighted by Crippen LogP contribution is -2.57. The van der Waals surface area contributed by atoms with Crippen LogP contribution in [0.15, 0.2) is 58.7 Å². The predicted molar refractivity (Wildman–Crippen MR) is 109 cm³/mol. The number of hydrogen-bond acceptors (Lipinski definition) is 5. The zero-order valence-corrected chi connectivity index (χ0v) is 16.6. The minimum Gasteiger partial charge on any atom is -0.383 e. The van der Waals surface area contributed by atoms with Gasteiger partial charge in [0.2, 0.25) is 0 Å². The fourth-order valence-electron chi connectivity index (χ4n) is 4.17. The van der Waals surface area contributed by atoms with Gasteiger partial charge >= 0.3 is 0 Å². The van der Waals surface area contributed by atoms with Gasteiger partial charge in [0.05, 0.1) is 17.8 Å². The van der Waals surface area contributed by atoms with Gasteiger partial charge in [0.15, 0.2) is 5.78 Å². The van der Waals surface area contributed by atoms with Crippen LogP contribution in [0.4, 0.5) is 0 Å². The van der Waals surface area contributed by atoms with Gasteiger partial charge in [-0.2, -0.15) is 0 Å². The first kappa shape index (κ1) is 19.1. The average Bonchev–Trinajstić information content (AvgIpc) is 3.15. The number of Topliss-reactive ketones (excluding diaryl/α,β-unsaturated/α-hetero) is 1. The molecule has 0 bridgehead atoms. The Bertz CT molecular complexity index is 848. The van der Waals surface area contributed by atoms with Gasteiger partial charge in [-0.1, -0.05) is 57.0 Å². The Labute approximate surface area is 166 Å². The number of aliphatic hydroxyl groups is 1. The van der Waals surface area contributed by atoms with Crippen LogP contribution in [0.5, 0.6) is 0 Å². The number of aliphatic imine (C=N–C) groups is 1. The van der Waals surface area contributed by atoms with Crippen LogP contribution in [0.2, 0.25) is 0 Å². The van der Waals surface area contributed by atoms with Crippen LogP contribution in [-0.4, -0.2) is 41.1 Å². The second-order valence-corrected chi connectivity index (χ2v) is 8.46. The Morgan fingerprint density at radius 3 is 2.61 bits per heavy atom. The molecule has 5 nitrogen and oxygen atoms in total. The van der Waals surface area contributed by atoms with Gasteiger partial charge in [0.1, 0.15) is 5.71 Å². The van der Waals surface area contributed by atoms with Crippen LogP contribution in [-0.2, 0) is 4.74 Å². The zero-order valence-electron chi connectivity index (χ0n) is 16.6. The first-order chi connectivity index (χ1) is 13.4. The molecule has 1 saturated carbocycles. The molecule has 0 aromatic heterocycles. The SMILES string of the molecule is CC(C)CNC1=CC=C(C(=O)c2ccccc2)C2=NC3(CCCC3)COC12O. The number of carbonyl (C=O) groups is 1. The maximum atomic E-state index is 13.2. The third-order valence-corrected chi connectivity index (χ3v) is 5.77. The van der Waals surface area contributed by atoms with E-state index in [2.05, 4.69) is 19.2 Å². The van der Waals surface area contributed by atoms with E-state index in [4.69, 9.17) is 9.73 Å². The number of ketones is 1. The van der Waals surface area contributed by atoms with Crippen molar-refractivity contribution in [2.24, 2.45) is 10.9 Å². The highest BCUT2D eigenvalue weighted by Gasteiger charge is 2.51. The van der Waals surface area contributed by atoms with Crippen molar-refractivity contribution in [3.63, 3.8) is 0 Å². The van der Waals surface area contributed by atoms with Gasteiger partial charge in [0.25, 0.3) is 5.79 Å². The van der Waals surface area contributed by atoms with Crippen molar-refractivity contribution < 1.29 is 14.6 Å². The van der Waals surface area contributed by atoms with E-state index in [1.807, 2.05) is 18.2 Å². The fraction of sp³-hybridized carbons (Fsp3) is 0.478. The first-order valence-electron chi connectivity index (χ1n) is 10.2. The Balaban J connectivity index is 1.77. The van der Waals surface area contributed by atoms with E-state index >= 15 is 0 Å². The number of carbonyl (C=O) groups excluding carboxylic acids is 1. The molecule has 2 aliphatic carbocycles. The molecule has 1 heterocycles. The molecular weight excluding hydrogens is 352 g/mol. The summed E-state index contributed by atoms with van der Waals surface area (Å²) in [5.74, 6) is -1.43. The molecule has 1 spiro atoms. The van der Waals surface area contributed by atoms with E-state index in [1.54, 1.807) is 24.3 Å². The van der Waals surface area contributed by atoms with Gasteiger partial charge in [-0.15, -0.1) is 0 Å². The lowest BCUT2D eigenvalue weighted by Gasteiger charge is -2.43. The summed E-state index contributed by atoms with van der Waals surface area (Å²) in [4.78, 5) is 18.2. The number of hydrogen-bond donors (Lipinski definition) is 2. The summed E-state index contributed by atoms with van der Waals surface area (Å²) in [5.41, 5.74) is 1.57. The Kier molecular flexibility index (Phi) is 4.98. The van der Waals surface area contributed by atoms with E-state index in [9.17, 15) is 9.90 Å². The van der Waals surface area contributed by atoms with Gasteiger partial charge < -0.3 is 15.2 Å². The molecule has 5 heteroatoms. The van der Waals surface area contributed by atoms with E-state index in [-0.39, 0.29) is 11.3 Å². The van der Waals surface area contributed by atoms with Crippen LogP contribution < -0.4 is 5.32 Å². The molecule has 1 fully saturated rings. The smallest absolute Gasteiger partial charge is 0.252 e. The molecule has 2 N–H and O–H groups in total. The molecule has 1 unspecified atom stereocenters. The van der Waals surface area contributed by atoms with Crippen LogP contribution in [0.1, 0.15) is 49.9 Å². The second-order valence-electron chi connectivity index (χ2n) is 8.46. The average molecular weight is 380 g/mol. The minimum atomic E-state index is -1.70. The zero-order chi connectivity index (χ0) is 19.8. The molecule has 1 aliphatic heterocycles. The Morgan fingerprint density at radius 2 is 1.93 bits per heavy atom. The summed E-state index contributed by atoms with van der Waals surface area (Å²) in [7, 11) is 0. The highest BCUT2D eigenvalue weighted by atomic mass is 16.6. The number of ether oxygens (including phenoxy) is 1. The Hall–Kier alpha value is -2.24. The third-order valence-electron chi connectivity index (χ3n) is 5.77. The number of allylic oxidation sites excluding steroid dienone is 2. The normalized spacial score (nSPS) is 25.8. The lowest BCUT2D eigenvalue weighted by molar-refractivity contribution is -0.147. The molecule has 1 aromatic carbocycles. The monoisotopic (exact) mass is 380 g/mol. The van der Waals surface area contributed by atoms with E-state index < -0.39 is 5.79 Å². The van der Waals surface area contributed by atoms with Crippen molar-refractivity contribution >= 4 is 11.5 Å². The topological polar surface area (TPSA) is 70.9 Å². The number of benzene rings is 1. The van der Waals surface area contributed by atoms with Crippen molar-refractivity contribution in [2.75, 3.05) is 13.2 Å². The third kappa shape index (κ3) is 3.33. The predicted octanol–water partition coefficient (Wildman–Crippen LogP) is 3.41. The molecule has 0 amide bonds. The molecule has 28 heavy (non-hydrogen) atoms. The summed E-state index contributed by atoms with van der Waals surface area (Å²) in [6.07, 6.45) is 7.57. The van der Waals surface area contributed by atoms with Gasteiger partial charge in [-0.25, -0.2) is 0 Å². The molecular formula is C23H28N2O3. The van der Waals surface area contributed by atoms with Crippen LogP contribution in [0.25, 0.3) is 0 Å². The molecule has 148 valence electrons. The maximum Gasteiger partial charge on any atom is 0.252 e. The molecule has 0 saturated heterocycles. The van der Waals surface area contributed by atoms with Crippen molar-refractivity contribution in [3.05, 3.63) is 59.3 Å². The molecule has 1 atom stereocenters. The largest absolute Gasteiger partial charge is 0.383 e. The van der Waals surface area contributed by atoms with E-state index in [0.717, 1.165) is 25.7 Å². The summed E-state index contributed by atoms with van der Waals surface area (Å²) in [5, 5.41) is 14.8. The van der Waals surface area contributed by atoms with Crippen molar-refractivity contribution in [1.82, 2.24) is 5.32 Å².